The highest BCUT2D eigenvalue weighted by atomic mass is 16.4. The Bertz CT molecular complexity index is 806. The molecule has 0 aromatic carbocycles. The Morgan fingerprint density at radius 2 is 1.84 bits per heavy atom. The normalized spacial score (nSPS) is 18.4. The van der Waals surface area contributed by atoms with Crippen LogP contribution in [0.1, 0.15) is 31.9 Å². The van der Waals surface area contributed by atoms with Crippen molar-refractivity contribution in [2.45, 2.75) is 56.8 Å². The third-order valence-electron chi connectivity index (χ3n) is 4.73. The zero-order valence-electron chi connectivity index (χ0n) is 16.9. The number of aliphatic carboxylic acids is 2. The van der Waals surface area contributed by atoms with Crippen LogP contribution in [0.25, 0.3) is 0 Å². The van der Waals surface area contributed by atoms with Crippen LogP contribution in [0.2, 0.25) is 0 Å². The van der Waals surface area contributed by atoms with E-state index in [0.717, 1.165) is 6.42 Å². The number of hydrogen-bond acceptors (Lipinski definition) is 7. The van der Waals surface area contributed by atoms with E-state index in [1.54, 1.807) is 0 Å². The molecule has 0 bridgehead atoms. The SMILES string of the molecule is CC(NC(=O)C(CC(=O)O)NC(=O)C(Cc1cnc[nH]1)NC(=O)C1CCCN1)C(=O)O. The van der Waals surface area contributed by atoms with Crippen molar-refractivity contribution in [1.82, 2.24) is 31.2 Å². The molecule has 4 unspecified atom stereocenters. The van der Waals surface area contributed by atoms with Crippen molar-refractivity contribution in [1.29, 1.82) is 0 Å². The van der Waals surface area contributed by atoms with Gasteiger partial charge in [0.1, 0.15) is 18.1 Å². The molecule has 170 valence electrons. The van der Waals surface area contributed by atoms with E-state index in [-0.39, 0.29) is 6.42 Å². The topological polar surface area (TPSA) is 203 Å². The summed E-state index contributed by atoms with van der Waals surface area (Å²) in [6.45, 7) is 1.88. The minimum absolute atomic E-state index is 0.0250. The highest BCUT2D eigenvalue weighted by Crippen LogP contribution is 2.07. The molecule has 2 heterocycles. The van der Waals surface area contributed by atoms with Gasteiger partial charge in [-0.2, -0.15) is 0 Å². The molecule has 1 aliphatic rings. The lowest BCUT2D eigenvalue weighted by Gasteiger charge is -2.24. The zero-order valence-corrected chi connectivity index (χ0v) is 16.9. The van der Waals surface area contributed by atoms with Crippen LogP contribution >= 0.6 is 0 Å². The van der Waals surface area contributed by atoms with Crippen LogP contribution < -0.4 is 21.3 Å². The molecule has 13 nitrogen and oxygen atoms in total. The van der Waals surface area contributed by atoms with Gasteiger partial charge >= 0.3 is 11.9 Å². The molecular formula is C18H26N6O7. The summed E-state index contributed by atoms with van der Waals surface area (Å²) in [5.74, 6) is -4.83. The van der Waals surface area contributed by atoms with Gasteiger partial charge in [0.15, 0.2) is 0 Å². The summed E-state index contributed by atoms with van der Waals surface area (Å²) in [5, 5.41) is 28.1. The second-order valence-electron chi connectivity index (χ2n) is 7.22. The Hall–Kier alpha value is -3.48. The number of carboxylic acid groups (broad SMARTS) is 2. The van der Waals surface area contributed by atoms with E-state index in [9.17, 15) is 24.0 Å². The van der Waals surface area contributed by atoms with Crippen molar-refractivity contribution >= 4 is 29.7 Å². The average Bonchev–Trinajstić information content (AvgIpc) is 3.40. The first-order valence-corrected chi connectivity index (χ1v) is 9.73. The van der Waals surface area contributed by atoms with Gasteiger partial charge in [0.05, 0.1) is 18.8 Å². The Morgan fingerprint density at radius 1 is 1.13 bits per heavy atom. The number of aromatic nitrogens is 2. The highest BCUT2D eigenvalue weighted by Gasteiger charge is 2.32. The summed E-state index contributed by atoms with van der Waals surface area (Å²) in [6, 6.07) is -4.38. The predicted molar refractivity (Wildman–Crippen MR) is 105 cm³/mol. The quantitative estimate of drug-likeness (QED) is 0.199. The van der Waals surface area contributed by atoms with E-state index in [1.165, 1.54) is 19.4 Å². The van der Waals surface area contributed by atoms with Crippen LogP contribution in [0.5, 0.6) is 0 Å². The van der Waals surface area contributed by atoms with E-state index < -0.39 is 60.2 Å². The number of nitrogens with zero attached hydrogens (tertiary/aromatic N) is 1. The molecule has 4 atom stereocenters. The fraction of sp³-hybridized carbons (Fsp3) is 0.556. The maximum atomic E-state index is 12.9. The number of amides is 3. The van der Waals surface area contributed by atoms with Gasteiger partial charge in [-0.25, -0.2) is 4.98 Å². The van der Waals surface area contributed by atoms with Gasteiger partial charge < -0.3 is 36.5 Å². The second kappa shape index (κ2) is 11.1. The molecule has 1 aliphatic heterocycles. The van der Waals surface area contributed by atoms with Gasteiger partial charge in [0, 0.05) is 18.3 Å². The molecule has 0 aliphatic carbocycles. The predicted octanol–water partition coefficient (Wildman–Crippen LogP) is -2.26. The number of imidazole rings is 1. The molecule has 1 saturated heterocycles. The van der Waals surface area contributed by atoms with Crippen molar-refractivity contribution < 1.29 is 34.2 Å². The third-order valence-corrected chi connectivity index (χ3v) is 4.73. The first-order chi connectivity index (χ1) is 14.7. The summed E-state index contributed by atoms with van der Waals surface area (Å²) >= 11 is 0. The van der Waals surface area contributed by atoms with Crippen molar-refractivity contribution in [3.8, 4) is 0 Å². The number of hydrogen-bond donors (Lipinski definition) is 7. The van der Waals surface area contributed by atoms with E-state index in [4.69, 9.17) is 10.2 Å². The Kier molecular flexibility index (Phi) is 8.49. The standard InChI is InChI=1S/C18H26N6O7/c1-9(18(30)31)22-16(28)13(6-14(25)26)24-17(29)12(5-10-7-19-8-21-10)23-15(27)11-3-2-4-20-11/h7-9,11-13,20H,2-6H2,1H3,(H,19,21)(H,22,28)(H,23,27)(H,24,29)(H,25,26)(H,30,31). The Morgan fingerprint density at radius 3 is 2.39 bits per heavy atom. The van der Waals surface area contributed by atoms with Crippen molar-refractivity contribution in [2.75, 3.05) is 6.54 Å². The lowest BCUT2D eigenvalue weighted by molar-refractivity contribution is -0.143. The maximum Gasteiger partial charge on any atom is 0.325 e. The van der Waals surface area contributed by atoms with Crippen LogP contribution in [-0.2, 0) is 30.4 Å². The number of carbonyl (C=O) groups is 5. The van der Waals surface area contributed by atoms with Crippen LogP contribution in [0.4, 0.5) is 0 Å². The van der Waals surface area contributed by atoms with Gasteiger partial charge in [-0.1, -0.05) is 0 Å². The van der Waals surface area contributed by atoms with Crippen LogP contribution in [0.15, 0.2) is 12.5 Å². The lowest BCUT2D eigenvalue weighted by Crippen LogP contribution is -2.57. The molecule has 1 aromatic rings. The van der Waals surface area contributed by atoms with Gasteiger partial charge in [0.25, 0.3) is 0 Å². The van der Waals surface area contributed by atoms with Gasteiger partial charge in [-0.3, -0.25) is 24.0 Å². The summed E-state index contributed by atoms with van der Waals surface area (Å²) < 4.78 is 0. The van der Waals surface area contributed by atoms with Crippen molar-refractivity contribution in [2.24, 2.45) is 0 Å². The van der Waals surface area contributed by atoms with E-state index in [0.29, 0.717) is 18.7 Å². The Balaban J connectivity index is 2.12. The van der Waals surface area contributed by atoms with E-state index in [2.05, 4.69) is 31.2 Å². The van der Waals surface area contributed by atoms with E-state index >= 15 is 0 Å². The molecule has 0 saturated carbocycles. The number of carboxylic acids is 2. The van der Waals surface area contributed by atoms with Gasteiger partial charge in [-0.05, 0) is 26.3 Å². The average molecular weight is 438 g/mol. The number of rotatable bonds is 11. The maximum absolute atomic E-state index is 12.9. The fourth-order valence-electron chi connectivity index (χ4n) is 3.04. The minimum Gasteiger partial charge on any atom is -0.481 e. The summed E-state index contributed by atoms with van der Waals surface area (Å²) in [5.41, 5.74) is 0.540. The largest absolute Gasteiger partial charge is 0.481 e. The first-order valence-electron chi connectivity index (χ1n) is 9.73. The molecule has 3 amide bonds. The van der Waals surface area contributed by atoms with Crippen LogP contribution in [0.3, 0.4) is 0 Å². The molecule has 0 radical (unpaired) electrons. The highest BCUT2D eigenvalue weighted by molar-refractivity contribution is 5.95. The zero-order chi connectivity index (χ0) is 23.0. The van der Waals surface area contributed by atoms with Crippen molar-refractivity contribution in [3.05, 3.63) is 18.2 Å². The third kappa shape index (κ3) is 7.37. The molecule has 1 aromatic heterocycles. The first kappa shape index (κ1) is 23.8. The number of H-pyrrole nitrogens is 1. The monoisotopic (exact) mass is 438 g/mol. The molecule has 13 heteroatoms. The minimum atomic E-state index is -1.53. The molecule has 1 fully saturated rings. The van der Waals surface area contributed by atoms with Gasteiger partial charge in [-0.15, -0.1) is 0 Å². The fourth-order valence-corrected chi connectivity index (χ4v) is 3.04. The Labute approximate surface area is 177 Å². The second-order valence-corrected chi connectivity index (χ2v) is 7.22. The number of nitrogens with one attached hydrogen (secondary N) is 5. The lowest BCUT2D eigenvalue weighted by atomic mass is 10.1. The molecule has 31 heavy (non-hydrogen) atoms. The molecular weight excluding hydrogens is 412 g/mol. The summed E-state index contributed by atoms with van der Waals surface area (Å²) in [7, 11) is 0. The number of aromatic amines is 1. The van der Waals surface area contributed by atoms with Crippen LogP contribution in [-0.4, -0.2) is 80.6 Å². The molecule has 2 rings (SSSR count). The molecule has 7 N–H and O–H groups in total. The van der Waals surface area contributed by atoms with Crippen molar-refractivity contribution in [3.63, 3.8) is 0 Å². The van der Waals surface area contributed by atoms with Gasteiger partial charge in [0.2, 0.25) is 17.7 Å². The summed E-state index contributed by atoms with van der Waals surface area (Å²) in [4.78, 5) is 66.5. The van der Waals surface area contributed by atoms with Crippen LogP contribution in [0, 0.1) is 0 Å². The smallest absolute Gasteiger partial charge is 0.325 e. The van der Waals surface area contributed by atoms with E-state index in [1.807, 2.05) is 0 Å². The molecule has 0 spiro atoms. The summed E-state index contributed by atoms with van der Waals surface area (Å²) in [6.07, 6.45) is 3.56. The number of carbonyl (C=O) groups excluding carboxylic acids is 3.